The third-order valence-corrected chi connectivity index (χ3v) is 4.54. The number of amides is 1. The minimum atomic E-state index is 0.0466. The van der Waals surface area contributed by atoms with Crippen LogP contribution in [0.1, 0.15) is 42.6 Å². The van der Waals surface area contributed by atoms with Gasteiger partial charge in [-0.1, -0.05) is 29.8 Å². The Hall–Kier alpha value is -0.830. The summed E-state index contributed by atoms with van der Waals surface area (Å²) in [6.45, 7) is 6.50. The van der Waals surface area contributed by atoms with Gasteiger partial charge in [-0.2, -0.15) is 0 Å². The van der Waals surface area contributed by atoms with Crippen molar-refractivity contribution in [2.24, 2.45) is 11.8 Å². The molecule has 98 valence electrons. The summed E-state index contributed by atoms with van der Waals surface area (Å²) in [5, 5.41) is 3.17. The molecule has 0 saturated heterocycles. The molecule has 2 nitrogen and oxygen atoms in total. The Labute approximate surface area is 117 Å². The van der Waals surface area contributed by atoms with Gasteiger partial charge in [-0.25, -0.2) is 0 Å². The van der Waals surface area contributed by atoms with E-state index < -0.39 is 0 Å². The zero-order valence-corrected chi connectivity index (χ0v) is 12.8. The minimum Gasteiger partial charge on any atom is -0.349 e. The maximum Gasteiger partial charge on any atom is 0.251 e. The number of benzene rings is 1. The number of carbonyl (C=O) groups excluding carboxylic acids is 1. The van der Waals surface area contributed by atoms with Crippen LogP contribution < -0.4 is 5.32 Å². The van der Waals surface area contributed by atoms with Gasteiger partial charge in [-0.15, -0.1) is 0 Å². The molecule has 1 aliphatic rings. The summed E-state index contributed by atoms with van der Waals surface area (Å²) in [5.41, 5.74) is 1.84. The van der Waals surface area contributed by atoms with E-state index in [0.29, 0.717) is 17.9 Å². The molecule has 1 amide bonds. The lowest BCUT2D eigenvalue weighted by atomic mass is 9.97. The van der Waals surface area contributed by atoms with Gasteiger partial charge in [0.05, 0.1) is 0 Å². The van der Waals surface area contributed by atoms with Crippen LogP contribution >= 0.6 is 15.9 Å². The van der Waals surface area contributed by atoms with Gasteiger partial charge < -0.3 is 5.32 Å². The zero-order valence-electron chi connectivity index (χ0n) is 11.2. The molecule has 1 fully saturated rings. The summed E-state index contributed by atoms with van der Waals surface area (Å²) >= 11 is 3.44. The van der Waals surface area contributed by atoms with Crippen LogP contribution in [0.4, 0.5) is 0 Å². The second kappa shape index (κ2) is 5.43. The first-order valence-electron chi connectivity index (χ1n) is 6.55. The molecule has 3 heteroatoms. The lowest BCUT2D eigenvalue weighted by Crippen LogP contribution is -2.37. The fourth-order valence-corrected chi connectivity index (χ4v) is 3.30. The van der Waals surface area contributed by atoms with E-state index in [9.17, 15) is 4.79 Å². The molecule has 1 aromatic rings. The van der Waals surface area contributed by atoms with Crippen molar-refractivity contribution in [1.82, 2.24) is 5.32 Å². The van der Waals surface area contributed by atoms with Gasteiger partial charge in [0.2, 0.25) is 0 Å². The fraction of sp³-hybridized carbons (Fsp3) is 0.533. The van der Waals surface area contributed by atoms with Crippen molar-refractivity contribution < 1.29 is 4.79 Å². The normalized spacial score (nSPS) is 27.2. The number of hydrogen-bond acceptors (Lipinski definition) is 1. The van der Waals surface area contributed by atoms with E-state index in [0.717, 1.165) is 22.0 Å². The smallest absolute Gasteiger partial charge is 0.251 e. The molecular weight excluding hydrogens is 290 g/mol. The Morgan fingerprint density at radius 3 is 2.56 bits per heavy atom. The molecule has 3 unspecified atom stereocenters. The summed E-state index contributed by atoms with van der Waals surface area (Å²) in [6, 6.07) is 6.15. The predicted octanol–water partition coefficient (Wildman–Crippen LogP) is 3.92. The van der Waals surface area contributed by atoms with Crippen molar-refractivity contribution in [3.8, 4) is 0 Å². The lowest BCUT2D eigenvalue weighted by molar-refractivity contribution is 0.0927. The number of aryl methyl sites for hydroxylation is 1. The third kappa shape index (κ3) is 2.94. The van der Waals surface area contributed by atoms with Crippen LogP contribution in [0.5, 0.6) is 0 Å². The molecule has 1 N–H and O–H groups in total. The SMILES string of the molecule is Cc1cc(Br)cc(C(=O)NC2CCC(C)C2C)c1. The fourth-order valence-electron chi connectivity index (χ4n) is 2.69. The first kappa shape index (κ1) is 13.6. The van der Waals surface area contributed by atoms with Gasteiger partial charge in [-0.3, -0.25) is 4.79 Å². The topological polar surface area (TPSA) is 29.1 Å². The number of hydrogen-bond donors (Lipinski definition) is 1. The maximum absolute atomic E-state index is 12.2. The van der Waals surface area contributed by atoms with Crippen LogP contribution in [0.25, 0.3) is 0 Å². The van der Waals surface area contributed by atoms with E-state index in [1.165, 1.54) is 6.42 Å². The van der Waals surface area contributed by atoms with E-state index >= 15 is 0 Å². The molecule has 0 radical (unpaired) electrons. The van der Waals surface area contributed by atoms with Crippen LogP contribution in [0.3, 0.4) is 0 Å². The molecule has 0 spiro atoms. The number of rotatable bonds is 2. The summed E-state index contributed by atoms with van der Waals surface area (Å²) in [6.07, 6.45) is 2.31. The van der Waals surface area contributed by atoms with Crippen molar-refractivity contribution in [2.45, 2.75) is 39.7 Å². The van der Waals surface area contributed by atoms with Gasteiger partial charge in [0.15, 0.2) is 0 Å². The quantitative estimate of drug-likeness (QED) is 0.881. The van der Waals surface area contributed by atoms with Crippen molar-refractivity contribution in [1.29, 1.82) is 0 Å². The highest BCUT2D eigenvalue weighted by atomic mass is 79.9. The Morgan fingerprint density at radius 1 is 1.28 bits per heavy atom. The number of nitrogens with one attached hydrogen (secondary N) is 1. The average Bonchev–Trinajstić information content (AvgIpc) is 2.59. The van der Waals surface area contributed by atoms with Gasteiger partial charge >= 0.3 is 0 Å². The molecule has 0 heterocycles. The standard InChI is InChI=1S/C15H20BrNO/c1-9-6-12(8-13(16)7-9)15(18)17-14-5-4-10(2)11(14)3/h6-8,10-11,14H,4-5H2,1-3H3,(H,17,18). The van der Waals surface area contributed by atoms with Crippen molar-refractivity contribution in [2.75, 3.05) is 0 Å². The Balaban J connectivity index is 2.08. The molecule has 1 aliphatic carbocycles. The summed E-state index contributed by atoms with van der Waals surface area (Å²) in [5.74, 6) is 1.33. The van der Waals surface area contributed by atoms with Crippen LogP contribution in [0, 0.1) is 18.8 Å². The molecule has 3 atom stereocenters. The second-order valence-electron chi connectivity index (χ2n) is 5.51. The molecule has 1 aromatic carbocycles. The first-order valence-corrected chi connectivity index (χ1v) is 7.34. The lowest BCUT2D eigenvalue weighted by Gasteiger charge is -2.19. The van der Waals surface area contributed by atoms with E-state index in [-0.39, 0.29) is 5.91 Å². The predicted molar refractivity (Wildman–Crippen MR) is 77.7 cm³/mol. The average molecular weight is 310 g/mol. The van der Waals surface area contributed by atoms with Gasteiger partial charge in [0.25, 0.3) is 5.91 Å². The molecule has 0 aromatic heterocycles. The summed E-state index contributed by atoms with van der Waals surface area (Å²) < 4.78 is 0.959. The van der Waals surface area contributed by atoms with E-state index in [4.69, 9.17) is 0 Å². The number of carbonyl (C=O) groups is 1. The van der Waals surface area contributed by atoms with Gasteiger partial charge in [0.1, 0.15) is 0 Å². The third-order valence-electron chi connectivity index (χ3n) is 4.09. The van der Waals surface area contributed by atoms with Gasteiger partial charge in [0, 0.05) is 16.1 Å². The highest BCUT2D eigenvalue weighted by molar-refractivity contribution is 9.10. The Kier molecular flexibility index (Phi) is 4.10. The first-order chi connectivity index (χ1) is 8.47. The van der Waals surface area contributed by atoms with Crippen molar-refractivity contribution in [3.63, 3.8) is 0 Å². The highest BCUT2D eigenvalue weighted by Crippen LogP contribution is 2.31. The van der Waals surface area contributed by atoms with Crippen molar-refractivity contribution >= 4 is 21.8 Å². The summed E-state index contributed by atoms with van der Waals surface area (Å²) in [7, 11) is 0. The van der Waals surface area contributed by atoms with Crippen molar-refractivity contribution in [3.05, 3.63) is 33.8 Å². The van der Waals surface area contributed by atoms with E-state index in [1.807, 2.05) is 25.1 Å². The summed E-state index contributed by atoms with van der Waals surface area (Å²) in [4.78, 5) is 12.2. The van der Waals surface area contributed by atoms with Crippen LogP contribution in [-0.2, 0) is 0 Å². The van der Waals surface area contributed by atoms with Crippen LogP contribution in [-0.4, -0.2) is 11.9 Å². The largest absolute Gasteiger partial charge is 0.349 e. The Bertz CT molecular complexity index is 438. The monoisotopic (exact) mass is 309 g/mol. The van der Waals surface area contributed by atoms with Gasteiger partial charge in [-0.05, 0) is 55.4 Å². The molecule has 0 bridgehead atoms. The van der Waals surface area contributed by atoms with E-state index in [2.05, 4.69) is 35.1 Å². The molecular formula is C15H20BrNO. The molecule has 2 rings (SSSR count). The van der Waals surface area contributed by atoms with E-state index in [1.54, 1.807) is 0 Å². The maximum atomic E-state index is 12.2. The van der Waals surface area contributed by atoms with Crippen LogP contribution in [0.2, 0.25) is 0 Å². The van der Waals surface area contributed by atoms with Crippen LogP contribution in [0.15, 0.2) is 22.7 Å². The highest BCUT2D eigenvalue weighted by Gasteiger charge is 2.30. The molecule has 1 saturated carbocycles. The number of halogens is 1. The Morgan fingerprint density at radius 2 is 2.00 bits per heavy atom. The minimum absolute atomic E-state index is 0.0466. The molecule has 0 aliphatic heterocycles. The molecule has 18 heavy (non-hydrogen) atoms. The second-order valence-corrected chi connectivity index (χ2v) is 6.43. The zero-order chi connectivity index (χ0) is 13.3.